The van der Waals surface area contributed by atoms with Gasteiger partial charge in [0.25, 0.3) is 0 Å². The lowest BCUT2D eigenvalue weighted by Gasteiger charge is -2.11. The van der Waals surface area contributed by atoms with Crippen LogP contribution in [0, 0.1) is 0 Å². The van der Waals surface area contributed by atoms with Crippen LogP contribution < -0.4 is 20.1 Å². The number of rotatable bonds is 11. The Hall–Kier alpha value is -4.25. The van der Waals surface area contributed by atoms with Gasteiger partial charge in [0.05, 0.1) is 13.2 Å². The zero-order chi connectivity index (χ0) is 23.4. The molecule has 34 heavy (non-hydrogen) atoms. The van der Waals surface area contributed by atoms with Crippen molar-refractivity contribution in [2.75, 3.05) is 23.8 Å². The minimum Gasteiger partial charge on any atom is -0.493 e. The summed E-state index contributed by atoms with van der Waals surface area (Å²) in [7, 11) is 0. The molecule has 0 aromatic heterocycles. The highest BCUT2D eigenvalue weighted by Gasteiger charge is 2.05. The van der Waals surface area contributed by atoms with Crippen molar-refractivity contribution in [1.82, 2.24) is 0 Å². The van der Waals surface area contributed by atoms with Gasteiger partial charge in [-0.05, 0) is 35.4 Å². The van der Waals surface area contributed by atoms with Gasteiger partial charge >= 0.3 is 0 Å². The van der Waals surface area contributed by atoms with Gasteiger partial charge in [-0.15, -0.1) is 0 Å². The van der Waals surface area contributed by atoms with E-state index in [9.17, 15) is 4.79 Å². The summed E-state index contributed by atoms with van der Waals surface area (Å²) in [6.07, 6.45) is 0.829. The molecule has 0 aliphatic rings. The number of hydrogen-bond acceptors (Lipinski definition) is 4. The Morgan fingerprint density at radius 2 is 1.26 bits per heavy atom. The Balaban J connectivity index is 1.22. The summed E-state index contributed by atoms with van der Waals surface area (Å²) in [4.78, 5) is 12.4. The standard InChI is InChI=1S/C29H28N2O3/c32-29(21-30-25-13-7-16-28(19-25)34-22-24-11-5-2-6-12-24)31-26-14-8-15-27(20-26)33-18-17-23-9-3-1-4-10-23/h1-16,19-20,30H,17-18,21-22H2,(H,31,32). The van der Waals surface area contributed by atoms with Crippen molar-refractivity contribution in [1.29, 1.82) is 0 Å². The van der Waals surface area contributed by atoms with Gasteiger partial charge in [0.1, 0.15) is 18.1 Å². The van der Waals surface area contributed by atoms with Crippen LogP contribution in [0.4, 0.5) is 11.4 Å². The first-order chi connectivity index (χ1) is 16.7. The third-order valence-electron chi connectivity index (χ3n) is 5.16. The first-order valence-electron chi connectivity index (χ1n) is 11.3. The van der Waals surface area contributed by atoms with E-state index in [4.69, 9.17) is 9.47 Å². The molecule has 5 nitrogen and oxygen atoms in total. The second-order valence-corrected chi connectivity index (χ2v) is 7.82. The number of hydrogen-bond donors (Lipinski definition) is 2. The Morgan fingerprint density at radius 3 is 2.00 bits per heavy atom. The zero-order valence-corrected chi connectivity index (χ0v) is 18.9. The van der Waals surface area contributed by atoms with Gasteiger partial charge in [0, 0.05) is 29.9 Å². The highest BCUT2D eigenvalue weighted by atomic mass is 16.5. The summed E-state index contributed by atoms with van der Waals surface area (Å²) >= 11 is 0. The molecular weight excluding hydrogens is 424 g/mol. The SMILES string of the molecule is O=C(CNc1cccc(OCc2ccccc2)c1)Nc1cccc(OCCc2ccccc2)c1. The monoisotopic (exact) mass is 452 g/mol. The average molecular weight is 453 g/mol. The lowest BCUT2D eigenvalue weighted by molar-refractivity contribution is -0.114. The molecule has 4 aromatic rings. The first-order valence-corrected chi connectivity index (χ1v) is 11.3. The van der Waals surface area contributed by atoms with E-state index in [-0.39, 0.29) is 12.5 Å². The van der Waals surface area contributed by atoms with Crippen molar-refractivity contribution in [3.8, 4) is 11.5 Å². The highest BCUT2D eigenvalue weighted by Crippen LogP contribution is 2.20. The number of ether oxygens (including phenoxy) is 2. The lowest BCUT2D eigenvalue weighted by atomic mass is 10.2. The highest BCUT2D eigenvalue weighted by molar-refractivity contribution is 5.93. The van der Waals surface area contributed by atoms with E-state index in [1.165, 1.54) is 5.56 Å². The molecule has 1 amide bonds. The fourth-order valence-corrected chi connectivity index (χ4v) is 3.42. The molecule has 0 saturated carbocycles. The van der Waals surface area contributed by atoms with Crippen molar-refractivity contribution < 1.29 is 14.3 Å². The van der Waals surface area contributed by atoms with E-state index in [2.05, 4.69) is 22.8 Å². The van der Waals surface area contributed by atoms with Crippen LogP contribution in [0.25, 0.3) is 0 Å². The molecule has 0 heterocycles. The Labute approximate surface area is 200 Å². The quantitative estimate of drug-likeness (QED) is 0.296. The number of carbonyl (C=O) groups excluding carboxylic acids is 1. The molecule has 0 saturated heterocycles. The summed E-state index contributed by atoms with van der Waals surface area (Å²) < 4.78 is 11.7. The molecule has 0 spiro atoms. The molecule has 0 bridgehead atoms. The first kappa shape index (κ1) is 22.9. The van der Waals surface area contributed by atoms with E-state index in [0.29, 0.717) is 18.9 Å². The number of anilines is 2. The summed E-state index contributed by atoms with van der Waals surface area (Å²) in [5, 5.41) is 6.06. The third kappa shape index (κ3) is 7.41. The number of amides is 1. The summed E-state index contributed by atoms with van der Waals surface area (Å²) in [6, 6.07) is 35.2. The van der Waals surface area contributed by atoms with Crippen LogP contribution in [-0.4, -0.2) is 19.1 Å². The molecule has 4 rings (SSSR count). The molecule has 0 fully saturated rings. The van der Waals surface area contributed by atoms with Gasteiger partial charge in [-0.2, -0.15) is 0 Å². The van der Waals surface area contributed by atoms with E-state index in [1.54, 1.807) is 0 Å². The van der Waals surface area contributed by atoms with Crippen molar-refractivity contribution in [3.63, 3.8) is 0 Å². The molecule has 0 atom stereocenters. The molecule has 0 aliphatic carbocycles. The maximum Gasteiger partial charge on any atom is 0.243 e. The van der Waals surface area contributed by atoms with Crippen molar-refractivity contribution in [3.05, 3.63) is 120 Å². The fourth-order valence-electron chi connectivity index (χ4n) is 3.42. The van der Waals surface area contributed by atoms with Crippen LogP contribution in [0.1, 0.15) is 11.1 Å². The fraction of sp³-hybridized carbons (Fsp3) is 0.138. The van der Waals surface area contributed by atoms with Gasteiger partial charge in [-0.25, -0.2) is 0 Å². The molecule has 0 aliphatic heterocycles. The minimum absolute atomic E-state index is 0.140. The summed E-state index contributed by atoms with van der Waals surface area (Å²) in [5.41, 5.74) is 3.85. The van der Waals surface area contributed by atoms with E-state index < -0.39 is 0 Å². The molecular formula is C29H28N2O3. The zero-order valence-electron chi connectivity index (χ0n) is 18.9. The van der Waals surface area contributed by atoms with Crippen LogP contribution in [-0.2, 0) is 17.8 Å². The minimum atomic E-state index is -0.142. The maximum absolute atomic E-state index is 12.4. The Morgan fingerprint density at radius 1 is 0.647 bits per heavy atom. The molecule has 4 aromatic carbocycles. The lowest BCUT2D eigenvalue weighted by Crippen LogP contribution is -2.21. The van der Waals surface area contributed by atoms with Crippen LogP contribution in [0.3, 0.4) is 0 Å². The van der Waals surface area contributed by atoms with Gasteiger partial charge in [-0.3, -0.25) is 4.79 Å². The number of carbonyl (C=O) groups is 1. The van der Waals surface area contributed by atoms with E-state index in [0.717, 1.165) is 29.2 Å². The Kier molecular flexibility index (Phi) is 8.17. The van der Waals surface area contributed by atoms with Gasteiger partial charge in [0.15, 0.2) is 0 Å². The molecule has 2 N–H and O–H groups in total. The second kappa shape index (κ2) is 12.1. The normalized spacial score (nSPS) is 10.4. The van der Waals surface area contributed by atoms with Crippen molar-refractivity contribution in [2.24, 2.45) is 0 Å². The molecule has 5 heteroatoms. The summed E-state index contributed by atoms with van der Waals surface area (Å²) in [6.45, 7) is 1.21. The van der Waals surface area contributed by atoms with E-state index in [1.807, 2.05) is 97.1 Å². The number of benzene rings is 4. The largest absolute Gasteiger partial charge is 0.493 e. The topological polar surface area (TPSA) is 59.6 Å². The van der Waals surface area contributed by atoms with Crippen LogP contribution in [0.5, 0.6) is 11.5 Å². The van der Waals surface area contributed by atoms with Crippen LogP contribution >= 0.6 is 0 Å². The predicted molar refractivity (Wildman–Crippen MR) is 136 cm³/mol. The van der Waals surface area contributed by atoms with Crippen molar-refractivity contribution >= 4 is 17.3 Å². The van der Waals surface area contributed by atoms with Crippen LogP contribution in [0.15, 0.2) is 109 Å². The van der Waals surface area contributed by atoms with Gasteiger partial charge in [0.2, 0.25) is 5.91 Å². The summed E-state index contributed by atoms with van der Waals surface area (Å²) in [5.74, 6) is 1.33. The predicted octanol–water partition coefficient (Wildman–Crippen LogP) is 5.94. The second-order valence-electron chi connectivity index (χ2n) is 7.82. The third-order valence-corrected chi connectivity index (χ3v) is 5.16. The molecule has 0 unspecified atom stereocenters. The van der Waals surface area contributed by atoms with Gasteiger partial charge < -0.3 is 20.1 Å². The van der Waals surface area contributed by atoms with Crippen molar-refractivity contribution in [2.45, 2.75) is 13.0 Å². The molecule has 172 valence electrons. The van der Waals surface area contributed by atoms with E-state index >= 15 is 0 Å². The maximum atomic E-state index is 12.4. The van der Waals surface area contributed by atoms with Gasteiger partial charge in [-0.1, -0.05) is 72.8 Å². The van der Waals surface area contributed by atoms with Crippen LogP contribution in [0.2, 0.25) is 0 Å². The number of nitrogens with one attached hydrogen (secondary N) is 2. The average Bonchev–Trinajstić information content (AvgIpc) is 2.88. The smallest absolute Gasteiger partial charge is 0.243 e. The molecule has 0 radical (unpaired) electrons. The Bertz CT molecular complexity index is 1180.